The quantitative estimate of drug-likeness (QED) is 0.207. The van der Waals surface area contributed by atoms with E-state index in [0.29, 0.717) is 5.92 Å². The van der Waals surface area contributed by atoms with Crippen LogP contribution >= 0.6 is 0 Å². The Bertz CT molecular complexity index is 450. The third kappa shape index (κ3) is 12.5. The summed E-state index contributed by atoms with van der Waals surface area (Å²) < 4.78 is 4.88. The normalized spacial score (nSPS) is 17.9. The Hall–Kier alpha value is -0.990. The topological polar surface area (TPSA) is 127 Å². The molecule has 0 radical (unpaired) electrons. The number of hydrogen-bond acceptors (Lipinski definition) is 7. The van der Waals surface area contributed by atoms with E-state index in [9.17, 15) is 25.2 Å². The zero-order valence-electron chi connectivity index (χ0n) is 17.8. The number of ether oxygens (including phenoxy) is 1. The average Bonchev–Trinajstić information content (AvgIpc) is 2.63. The van der Waals surface area contributed by atoms with Crippen molar-refractivity contribution in [3.05, 3.63) is 11.6 Å². The van der Waals surface area contributed by atoms with Crippen LogP contribution in [0.15, 0.2) is 11.6 Å². The highest BCUT2D eigenvalue weighted by Crippen LogP contribution is 2.19. The van der Waals surface area contributed by atoms with Gasteiger partial charge in [-0.1, -0.05) is 52.0 Å². The first-order valence-electron chi connectivity index (χ1n) is 10.3. The van der Waals surface area contributed by atoms with Crippen LogP contribution in [0.4, 0.5) is 0 Å². The lowest BCUT2D eigenvalue weighted by atomic mass is 9.94. The summed E-state index contributed by atoms with van der Waals surface area (Å²) in [6.45, 7) is 7.28. The molecular formula is C21H40O7. The minimum atomic E-state index is -1.74. The lowest BCUT2D eigenvalue weighted by Crippen LogP contribution is -2.47. The average molecular weight is 405 g/mol. The number of aliphatic hydroxyl groups is 5. The molecule has 7 heteroatoms. The molecule has 0 heterocycles. The maximum atomic E-state index is 11.8. The third-order valence-electron chi connectivity index (χ3n) is 4.83. The monoisotopic (exact) mass is 404 g/mol. The molecule has 0 saturated heterocycles. The number of carbonyl (C=O) groups is 1. The second-order valence-electron chi connectivity index (χ2n) is 8.24. The van der Waals surface area contributed by atoms with Gasteiger partial charge in [0.15, 0.2) is 0 Å². The first-order chi connectivity index (χ1) is 13.1. The van der Waals surface area contributed by atoms with E-state index in [4.69, 9.17) is 9.84 Å². The summed E-state index contributed by atoms with van der Waals surface area (Å²) in [5.74, 6) is 0.771. The van der Waals surface area contributed by atoms with Gasteiger partial charge in [0.25, 0.3) is 0 Å². The van der Waals surface area contributed by atoms with E-state index < -0.39 is 43.6 Å². The summed E-state index contributed by atoms with van der Waals surface area (Å²) >= 11 is 0. The summed E-state index contributed by atoms with van der Waals surface area (Å²) in [6.07, 6.45) is 1.34. The molecule has 0 spiro atoms. The van der Waals surface area contributed by atoms with Gasteiger partial charge in [0.1, 0.15) is 31.0 Å². The van der Waals surface area contributed by atoms with E-state index in [1.54, 1.807) is 0 Å². The highest BCUT2D eigenvalue weighted by Gasteiger charge is 2.30. The molecular weight excluding hydrogens is 364 g/mol. The number of esters is 1. The Morgan fingerprint density at radius 1 is 0.929 bits per heavy atom. The van der Waals surface area contributed by atoms with Crippen molar-refractivity contribution >= 4 is 5.97 Å². The van der Waals surface area contributed by atoms with Gasteiger partial charge in [-0.05, 0) is 31.6 Å². The number of allylic oxidation sites excluding steroid dienone is 1. The maximum absolute atomic E-state index is 11.8. The summed E-state index contributed by atoms with van der Waals surface area (Å²) in [4.78, 5) is 11.8. The largest absolute Gasteiger partial charge is 0.460 e. The van der Waals surface area contributed by atoms with E-state index in [0.717, 1.165) is 30.8 Å². The van der Waals surface area contributed by atoms with Crippen molar-refractivity contribution in [2.24, 2.45) is 11.8 Å². The minimum absolute atomic E-state index is 0.522. The van der Waals surface area contributed by atoms with Crippen molar-refractivity contribution in [1.29, 1.82) is 0 Å². The summed E-state index contributed by atoms with van der Waals surface area (Å²) in [6, 6.07) is 0. The van der Waals surface area contributed by atoms with Crippen molar-refractivity contribution in [2.45, 2.75) is 90.6 Å². The molecule has 1 unspecified atom stereocenters. The molecule has 0 aliphatic rings. The molecule has 0 fully saturated rings. The van der Waals surface area contributed by atoms with Gasteiger partial charge in [-0.3, -0.25) is 0 Å². The summed E-state index contributed by atoms with van der Waals surface area (Å²) in [5.41, 5.74) is 0.880. The minimum Gasteiger partial charge on any atom is -0.460 e. The molecule has 0 aromatic rings. The fourth-order valence-electron chi connectivity index (χ4n) is 2.89. The van der Waals surface area contributed by atoms with E-state index in [1.165, 1.54) is 25.3 Å². The van der Waals surface area contributed by atoms with Crippen LogP contribution in [0.25, 0.3) is 0 Å². The first kappa shape index (κ1) is 27.0. The Morgan fingerprint density at radius 2 is 1.50 bits per heavy atom. The van der Waals surface area contributed by atoms with Gasteiger partial charge in [0.05, 0.1) is 6.61 Å². The van der Waals surface area contributed by atoms with Crippen LogP contribution in [0, 0.1) is 11.8 Å². The second-order valence-corrected chi connectivity index (χ2v) is 8.24. The van der Waals surface area contributed by atoms with Crippen LogP contribution in [-0.4, -0.2) is 69.1 Å². The lowest BCUT2D eigenvalue weighted by Gasteiger charge is -2.25. The standard InChI is InChI=1S/C21H40O7/c1-14(2)7-5-8-15(3)9-6-10-16(4)11-19(25)28-13-18(24)21(27)20(26)17(23)12-22/h11,14-15,17-18,20-24,26-27H,5-10,12-13H2,1-4H3/t15?,17-,18+,20-,21-/m0/s1. The molecule has 0 aromatic carbocycles. The van der Waals surface area contributed by atoms with E-state index in [-0.39, 0.29) is 0 Å². The van der Waals surface area contributed by atoms with Crippen molar-refractivity contribution in [2.75, 3.05) is 13.2 Å². The van der Waals surface area contributed by atoms with Gasteiger partial charge in [-0.25, -0.2) is 4.79 Å². The molecule has 0 aliphatic heterocycles. The first-order valence-corrected chi connectivity index (χ1v) is 10.3. The molecule has 0 bridgehead atoms. The van der Waals surface area contributed by atoms with Crippen molar-refractivity contribution < 1.29 is 35.1 Å². The maximum Gasteiger partial charge on any atom is 0.330 e. The number of hydrogen-bond donors (Lipinski definition) is 5. The number of rotatable bonds is 15. The van der Waals surface area contributed by atoms with Crippen LogP contribution in [0.5, 0.6) is 0 Å². The predicted octanol–water partition coefficient (Wildman–Crippen LogP) is 1.54. The van der Waals surface area contributed by atoms with Crippen LogP contribution in [0.3, 0.4) is 0 Å². The third-order valence-corrected chi connectivity index (χ3v) is 4.83. The molecule has 7 nitrogen and oxygen atoms in total. The van der Waals surface area contributed by atoms with Crippen LogP contribution in [0.2, 0.25) is 0 Å². The molecule has 5 atom stereocenters. The fraction of sp³-hybridized carbons (Fsp3) is 0.857. The molecule has 0 aromatic heterocycles. The zero-order valence-corrected chi connectivity index (χ0v) is 17.8. The van der Waals surface area contributed by atoms with Crippen molar-refractivity contribution in [3.63, 3.8) is 0 Å². The smallest absolute Gasteiger partial charge is 0.330 e. The van der Waals surface area contributed by atoms with Gasteiger partial charge < -0.3 is 30.3 Å². The van der Waals surface area contributed by atoms with E-state index in [1.807, 2.05) is 6.92 Å². The number of carbonyl (C=O) groups excluding carboxylic acids is 1. The van der Waals surface area contributed by atoms with Crippen LogP contribution < -0.4 is 0 Å². The molecule has 28 heavy (non-hydrogen) atoms. The Balaban J connectivity index is 4.13. The van der Waals surface area contributed by atoms with Gasteiger partial charge in [-0.15, -0.1) is 0 Å². The highest BCUT2D eigenvalue weighted by molar-refractivity contribution is 5.82. The van der Waals surface area contributed by atoms with E-state index >= 15 is 0 Å². The molecule has 0 amide bonds. The molecule has 0 aliphatic carbocycles. The molecule has 166 valence electrons. The Morgan fingerprint density at radius 3 is 2.07 bits per heavy atom. The van der Waals surface area contributed by atoms with Crippen LogP contribution in [-0.2, 0) is 9.53 Å². The van der Waals surface area contributed by atoms with Gasteiger partial charge >= 0.3 is 5.97 Å². The predicted molar refractivity (Wildman–Crippen MR) is 108 cm³/mol. The van der Waals surface area contributed by atoms with Gasteiger partial charge in [0, 0.05) is 6.08 Å². The van der Waals surface area contributed by atoms with Gasteiger partial charge in [0.2, 0.25) is 0 Å². The van der Waals surface area contributed by atoms with Crippen molar-refractivity contribution in [1.82, 2.24) is 0 Å². The Labute approximate surface area is 169 Å². The molecule has 0 rings (SSSR count). The number of aliphatic hydroxyl groups excluding tert-OH is 5. The highest BCUT2D eigenvalue weighted by atomic mass is 16.5. The second kappa shape index (κ2) is 14.9. The zero-order chi connectivity index (χ0) is 21.7. The molecule has 0 saturated carbocycles. The van der Waals surface area contributed by atoms with E-state index in [2.05, 4.69) is 20.8 Å². The SMILES string of the molecule is CC(=CC(=O)OC[C@@H](O)[C@H](O)[C@@H](O)[C@@H](O)CO)CCCC(C)CCCC(C)C. The van der Waals surface area contributed by atoms with Gasteiger partial charge in [-0.2, -0.15) is 0 Å². The Kier molecular flexibility index (Phi) is 14.4. The summed E-state index contributed by atoms with van der Waals surface area (Å²) in [5, 5.41) is 46.9. The van der Waals surface area contributed by atoms with Crippen molar-refractivity contribution in [3.8, 4) is 0 Å². The summed E-state index contributed by atoms with van der Waals surface area (Å²) in [7, 11) is 0. The molecule has 5 N–H and O–H groups in total. The lowest BCUT2D eigenvalue weighted by molar-refractivity contribution is -0.151. The van der Waals surface area contributed by atoms with Crippen LogP contribution in [0.1, 0.15) is 66.2 Å². The fourth-order valence-corrected chi connectivity index (χ4v) is 2.89.